The molecule has 0 bridgehead atoms. The Labute approximate surface area is 145 Å². The minimum absolute atomic E-state index is 0.000450. The van der Waals surface area contributed by atoms with E-state index in [9.17, 15) is 12.8 Å². The number of sulfonamides is 1. The van der Waals surface area contributed by atoms with Crippen LogP contribution in [0.1, 0.15) is 11.4 Å². The number of ether oxygens (including phenoxy) is 1. The Morgan fingerprint density at radius 1 is 1.24 bits per heavy atom. The van der Waals surface area contributed by atoms with Crippen molar-refractivity contribution in [2.45, 2.75) is 18.4 Å². The molecular formula is C16H19FN4O3S. The van der Waals surface area contributed by atoms with E-state index in [1.807, 2.05) is 11.8 Å². The SMILES string of the molecule is Cc1cc(CNS(=O)(=O)c2cccc(F)c2)nc(N2CCOCC2)n1. The van der Waals surface area contributed by atoms with Gasteiger partial charge < -0.3 is 9.64 Å². The Morgan fingerprint density at radius 2 is 2.00 bits per heavy atom. The van der Waals surface area contributed by atoms with E-state index >= 15 is 0 Å². The number of hydrogen-bond donors (Lipinski definition) is 1. The minimum atomic E-state index is -3.82. The third-order valence-corrected chi connectivity index (χ3v) is 5.14. The maximum atomic E-state index is 13.2. The first kappa shape index (κ1) is 17.7. The number of nitrogens with one attached hydrogen (secondary N) is 1. The molecule has 1 aliphatic rings. The first-order valence-electron chi connectivity index (χ1n) is 7.86. The molecule has 25 heavy (non-hydrogen) atoms. The molecule has 7 nitrogen and oxygen atoms in total. The molecule has 1 aliphatic heterocycles. The van der Waals surface area contributed by atoms with Gasteiger partial charge >= 0.3 is 0 Å². The van der Waals surface area contributed by atoms with Crippen LogP contribution < -0.4 is 9.62 Å². The summed E-state index contributed by atoms with van der Waals surface area (Å²) in [4.78, 5) is 10.7. The number of aromatic nitrogens is 2. The van der Waals surface area contributed by atoms with Gasteiger partial charge in [-0.05, 0) is 31.2 Å². The molecule has 0 spiro atoms. The molecule has 1 saturated heterocycles. The Kier molecular flexibility index (Phi) is 5.26. The van der Waals surface area contributed by atoms with E-state index in [2.05, 4.69) is 14.7 Å². The van der Waals surface area contributed by atoms with Crippen LogP contribution in [0.2, 0.25) is 0 Å². The summed E-state index contributed by atoms with van der Waals surface area (Å²) in [5, 5.41) is 0. The standard InChI is InChI=1S/C16H19FN4O3S/c1-12-9-14(20-16(19-12)21-5-7-24-8-6-21)11-18-25(22,23)15-4-2-3-13(17)10-15/h2-4,9-10,18H,5-8,11H2,1H3. The third-order valence-electron chi connectivity index (χ3n) is 3.74. The van der Waals surface area contributed by atoms with Crippen molar-refractivity contribution in [2.75, 3.05) is 31.2 Å². The lowest BCUT2D eigenvalue weighted by atomic mass is 10.3. The molecule has 134 valence electrons. The molecule has 0 unspecified atom stereocenters. The van der Waals surface area contributed by atoms with Gasteiger partial charge in [0.15, 0.2) is 0 Å². The quantitative estimate of drug-likeness (QED) is 0.857. The van der Waals surface area contributed by atoms with Crippen LogP contribution in [0.5, 0.6) is 0 Å². The molecule has 0 aliphatic carbocycles. The van der Waals surface area contributed by atoms with Crippen molar-refractivity contribution in [3.63, 3.8) is 0 Å². The van der Waals surface area contributed by atoms with Crippen molar-refractivity contribution < 1.29 is 17.5 Å². The normalized spacial score (nSPS) is 15.4. The van der Waals surface area contributed by atoms with Gasteiger partial charge in [0.2, 0.25) is 16.0 Å². The fourth-order valence-electron chi connectivity index (χ4n) is 2.50. The first-order chi connectivity index (χ1) is 11.9. The fraction of sp³-hybridized carbons (Fsp3) is 0.375. The third kappa shape index (κ3) is 4.50. The van der Waals surface area contributed by atoms with E-state index in [0.717, 1.165) is 11.8 Å². The number of nitrogens with zero attached hydrogens (tertiary/aromatic N) is 3. The summed E-state index contributed by atoms with van der Waals surface area (Å²) in [6.07, 6.45) is 0. The average molecular weight is 366 g/mol. The summed E-state index contributed by atoms with van der Waals surface area (Å²) in [5.74, 6) is -0.0430. The zero-order valence-corrected chi connectivity index (χ0v) is 14.6. The molecule has 0 saturated carbocycles. The molecule has 3 rings (SSSR count). The van der Waals surface area contributed by atoms with Gasteiger partial charge in [0, 0.05) is 18.8 Å². The largest absolute Gasteiger partial charge is 0.378 e. The van der Waals surface area contributed by atoms with Gasteiger partial charge in [0.25, 0.3) is 0 Å². The fourth-order valence-corrected chi connectivity index (χ4v) is 3.53. The summed E-state index contributed by atoms with van der Waals surface area (Å²) in [6, 6.07) is 6.59. The summed E-state index contributed by atoms with van der Waals surface area (Å²) >= 11 is 0. The van der Waals surface area contributed by atoms with Crippen LogP contribution >= 0.6 is 0 Å². The second-order valence-corrected chi connectivity index (χ2v) is 7.45. The molecule has 9 heteroatoms. The number of hydrogen-bond acceptors (Lipinski definition) is 6. The minimum Gasteiger partial charge on any atom is -0.378 e. The zero-order chi connectivity index (χ0) is 17.9. The van der Waals surface area contributed by atoms with Crippen molar-refractivity contribution in [2.24, 2.45) is 0 Å². The summed E-state index contributed by atoms with van der Waals surface area (Å²) in [7, 11) is -3.82. The van der Waals surface area contributed by atoms with Crippen molar-refractivity contribution in [3.05, 3.63) is 47.5 Å². The number of benzene rings is 1. The highest BCUT2D eigenvalue weighted by atomic mass is 32.2. The molecule has 0 atom stereocenters. The highest BCUT2D eigenvalue weighted by Crippen LogP contribution is 2.14. The van der Waals surface area contributed by atoms with Crippen LogP contribution in [-0.4, -0.2) is 44.7 Å². The van der Waals surface area contributed by atoms with E-state index in [1.54, 1.807) is 6.07 Å². The summed E-state index contributed by atoms with van der Waals surface area (Å²) in [5.41, 5.74) is 1.30. The predicted octanol–water partition coefficient (Wildman–Crippen LogP) is 1.24. The lowest BCUT2D eigenvalue weighted by Gasteiger charge is -2.27. The highest BCUT2D eigenvalue weighted by Gasteiger charge is 2.17. The lowest BCUT2D eigenvalue weighted by molar-refractivity contribution is 0.122. The zero-order valence-electron chi connectivity index (χ0n) is 13.8. The molecule has 1 aromatic heterocycles. The Balaban J connectivity index is 1.75. The molecule has 2 heterocycles. The monoisotopic (exact) mass is 366 g/mol. The molecule has 1 aromatic carbocycles. The Bertz CT molecular complexity index is 854. The second-order valence-electron chi connectivity index (χ2n) is 5.68. The topological polar surface area (TPSA) is 84.4 Å². The van der Waals surface area contributed by atoms with Crippen molar-refractivity contribution >= 4 is 16.0 Å². The number of halogens is 1. The maximum Gasteiger partial charge on any atom is 0.241 e. The number of rotatable bonds is 5. The average Bonchev–Trinajstić information content (AvgIpc) is 2.60. The van der Waals surface area contributed by atoms with E-state index in [1.165, 1.54) is 18.2 Å². The van der Waals surface area contributed by atoms with E-state index in [4.69, 9.17) is 4.74 Å². The summed E-state index contributed by atoms with van der Waals surface area (Å²) < 4.78 is 45.6. The van der Waals surface area contributed by atoms with Gasteiger partial charge in [-0.3, -0.25) is 0 Å². The van der Waals surface area contributed by atoms with Crippen LogP contribution in [0, 0.1) is 12.7 Å². The van der Waals surface area contributed by atoms with E-state index in [0.29, 0.717) is 37.9 Å². The van der Waals surface area contributed by atoms with Crippen molar-refractivity contribution in [1.29, 1.82) is 0 Å². The van der Waals surface area contributed by atoms with Crippen LogP contribution in [0.4, 0.5) is 10.3 Å². The number of anilines is 1. The Morgan fingerprint density at radius 3 is 2.72 bits per heavy atom. The van der Waals surface area contributed by atoms with Gasteiger partial charge in [-0.25, -0.2) is 27.5 Å². The van der Waals surface area contributed by atoms with Gasteiger partial charge in [0.1, 0.15) is 5.82 Å². The van der Waals surface area contributed by atoms with Crippen LogP contribution in [0.15, 0.2) is 35.2 Å². The van der Waals surface area contributed by atoms with Crippen LogP contribution in [0.3, 0.4) is 0 Å². The van der Waals surface area contributed by atoms with Gasteiger partial charge in [-0.15, -0.1) is 0 Å². The van der Waals surface area contributed by atoms with Gasteiger partial charge in [-0.2, -0.15) is 0 Å². The molecule has 1 N–H and O–H groups in total. The lowest BCUT2D eigenvalue weighted by Crippen LogP contribution is -2.37. The smallest absolute Gasteiger partial charge is 0.241 e. The summed E-state index contributed by atoms with van der Waals surface area (Å²) in [6.45, 7) is 4.43. The molecule has 2 aromatic rings. The van der Waals surface area contributed by atoms with E-state index < -0.39 is 15.8 Å². The van der Waals surface area contributed by atoms with Crippen LogP contribution in [-0.2, 0) is 21.3 Å². The highest BCUT2D eigenvalue weighted by molar-refractivity contribution is 7.89. The molecular weight excluding hydrogens is 347 g/mol. The van der Waals surface area contributed by atoms with Crippen LogP contribution in [0.25, 0.3) is 0 Å². The second kappa shape index (κ2) is 7.42. The predicted molar refractivity (Wildman–Crippen MR) is 90.2 cm³/mol. The number of aryl methyl sites for hydroxylation is 1. The van der Waals surface area contributed by atoms with Gasteiger partial charge in [-0.1, -0.05) is 6.07 Å². The molecule has 0 radical (unpaired) electrons. The van der Waals surface area contributed by atoms with Crippen molar-refractivity contribution in [3.8, 4) is 0 Å². The van der Waals surface area contributed by atoms with Crippen molar-refractivity contribution in [1.82, 2.24) is 14.7 Å². The Hall–Kier alpha value is -2.10. The van der Waals surface area contributed by atoms with E-state index in [-0.39, 0.29) is 11.4 Å². The molecule has 0 amide bonds. The van der Waals surface area contributed by atoms with Gasteiger partial charge in [0.05, 0.1) is 30.3 Å². The maximum absolute atomic E-state index is 13.2. The first-order valence-corrected chi connectivity index (χ1v) is 9.35. The molecule has 1 fully saturated rings. The number of morpholine rings is 1.